The quantitative estimate of drug-likeness (QED) is 0.140. The molecule has 0 fully saturated rings. The van der Waals surface area contributed by atoms with E-state index in [2.05, 4.69) is 313 Å². The second-order valence-electron chi connectivity index (χ2n) is 20.3. The van der Waals surface area contributed by atoms with Gasteiger partial charge in [0.1, 0.15) is 0 Å². The molecule has 2 aliphatic rings. The van der Waals surface area contributed by atoms with Gasteiger partial charge >= 0.3 is 0 Å². The van der Waals surface area contributed by atoms with Crippen LogP contribution in [0, 0.1) is 0 Å². The smallest absolute Gasteiger partial charge is 0.0714 e. The van der Waals surface area contributed by atoms with Crippen molar-refractivity contribution < 1.29 is 0 Å². The Bertz CT molecular complexity index is 4010. The van der Waals surface area contributed by atoms with Gasteiger partial charge in [-0.1, -0.05) is 255 Å². The molecule has 0 radical (unpaired) electrons. The second-order valence-corrected chi connectivity index (χ2v) is 20.3. The largest absolute Gasteiger partial charge is 0.309 e. The molecule has 2 heteroatoms. The van der Waals surface area contributed by atoms with Crippen LogP contribution in [0.4, 0.5) is 17.1 Å². The maximum absolute atomic E-state index is 2.57. The predicted octanol–water partition coefficient (Wildman–Crippen LogP) is 18.6. The van der Waals surface area contributed by atoms with Gasteiger partial charge in [-0.2, -0.15) is 0 Å². The van der Waals surface area contributed by atoms with Crippen molar-refractivity contribution in [2.24, 2.45) is 0 Å². The minimum Gasteiger partial charge on any atom is -0.309 e. The first-order valence-electron chi connectivity index (χ1n) is 26.4. The molecule has 1 heterocycles. The zero-order valence-electron chi connectivity index (χ0n) is 41.8. The Kier molecular flexibility index (Phi) is 10.0. The Labute approximate surface area is 443 Å². The molecule has 0 saturated carbocycles. The maximum Gasteiger partial charge on any atom is 0.0714 e. The lowest BCUT2D eigenvalue weighted by molar-refractivity contribution is 0.768. The molecule has 0 unspecified atom stereocenters. The molecule has 356 valence electrons. The fourth-order valence-electron chi connectivity index (χ4n) is 13.6. The average Bonchev–Trinajstić information content (AvgIpc) is 4.31. The number of anilines is 3. The SMILES string of the molecule is c1ccc(C2(c3ccccc3)c3ccccc3-c3c(N(c4ccc(-c5cccc(-n6c7ccccc7c7ccccc76)c5)cc4)c4cccc5c4-c4ccccc4C5(c4ccccc4)c4ccccc4)cccc32)cc1. The monoisotopic (exact) mass is 966 g/mol. The highest BCUT2D eigenvalue weighted by Gasteiger charge is 2.49. The Morgan fingerprint density at radius 2 is 0.658 bits per heavy atom. The van der Waals surface area contributed by atoms with E-state index in [0.29, 0.717) is 0 Å². The third kappa shape index (κ3) is 6.28. The van der Waals surface area contributed by atoms with E-state index in [4.69, 9.17) is 0 Å². The van der Waals surface area contributed by atoms with Crippen molar-refractivity contribution in [1.29, 1.82) is 0 Å². The zero-order chi connectivity index (χ0) is 50.2. The molecule has 12 aromatic carbocycles. The molecule has 76 heavy (non-hydrogen) atoms. The van der Waals surface area contributed by atoms with Crippen molar-refractivity contribution >= 4 is 38.9 Å². The Balaban J connectivity index is 0.986. The standard InChI is InChI=1S/C74H50N2/c1-5-25-53(26-6-1)73(54-27-7-2-8-28-54)63-38-17-13-36-61(63)71-65(73)40-22-44-69(71)75(57-48-46-51(47-49-57)52-24-21-33-58(50-52)76-67-42-19-15-34-59(67)60-35-16-20-43-68(60)76)70-45-23-41-66-72(70)62-37-14-18-39-64(62)74(66,55-29-9-3-10-30-55)56-31-11-4-12-32-56/h1-50H. The Morgan fingerprint density at radius 1 is 0.276 bits per heavy atom. The maximum atomic E-state index is 2.57. The number of para-hydroxylation sites is 2. The summed E-state index contributed by atoms with van der Waals surface area (Å²) in [6, 6.07) is 113. The van der Waals surface area contributed by atoms with E-state index in [1.807, 2.05) is 0 Å². The van der Waals surface area contributed by atoms with Gasteiger partial charge in [0.2, 0.25) is 0 Å². The van der Waals surface area contributed by atoms with Crippen molar-refractivity contribution in [3.8, 4) is 39.1 Å². The van der Waals surface area contributed by atoms with E-state index in [1.165, 1.54) is 88.6 Å². The topological polar surface area (TPSA) is 8.17 Å². The fraction of sp³-hybridized carbons (Fsp3) is 0.0270. The summed E-state index contributed by atoms with van der Waals surface area (Å²) < 4.78 is 2.40. The van der Waals surface area contributed by atoms with Crippen LogP contribution in [-0.4, -0.2) is 4.57 Å². The van der Waals surface area contributed by atoms with Crippen molar-refractivity contribution in [1.82, 2.24) is 4.57 Å². The third-order valence-electron chi connectivity index (χ3n) is 16.5. The van der Waals surface area contributed by atoms with Gasteiger partial charge in [0.15, 0.2) is 0 Å². The van der Waals surface area contributed by atoms with Crippen LogP contribution in [0.1, 0.15) is 44.5 Å². The van der Waals surface area contributed by atoms with Gasteiger partial charge in [0.25, 0.3) is 0 Å². The lowest BCUT2D eigenvalue weighted by Crippen LogP contribution is -2.28. The molecule has 0 spiro atoms. The van der Waals surface area contributed by atoms with Crippen LogP contribution in [0.15, 0.2) is 303 Å². The minimum absolute atomic E-state index is 0.567. The number of hydrogen-bond donors (Lipinski definition) is 0. The van der Waals surface area contributed by atoms with Crippen molar-refractivity contribution in [2.75, 3.05) is 4.90 Å². The summed E-state index contributed by atoms with van der Waals surface area (Å²) in [6.07, 6.45) is 0. The number of aromatic nitrogens is 1. The van der Waals surface area contributed by atoms with Crippen LogP contribution in [-0.2, 0) is 10.8 Å². The summed E-state index contributed by atoms with van der Waals surface area (Å²) in [5.41, 5.74) is 23.1. The molecule has 0 bridgehead atoms. The molecule has 0 atom stereocenters. The molecule has 0 amide bonds. The highest BCUT2D eigenvalue weighted by Crippen LogP contribution is 2.63. The number of nitrogens with zero attached hydrogens (tertiary/aromatic N) is 2. The summed E-state index contributed by atoms with van der Waals surface area (Å²) in [6.45, 7) is 0. The van der Waals surface area contributed by atoms with Crippen LogP contribution in [0.5, 0.6) is 0 Å². The van der Waals surface area contributed by atoms with Gasteiger partial charge in [-0.25, -0.2) is 0 Å². The molecule has 0 aliphatic heterocycles. The lowest BCUT2D eigenvalue weighted by Gasteiger charge is -2.35. The number of hydrogen-bond acceptors (Lipinski definition) is 1. The van der Waals surface area contributed by atoms with E-state index in [9.17, 15) is 0 Å². The van der Waals surface area contributed by atoms with E-state index >= 15 is 0 Å². The van der Waals surface area contributed by atoms with E-state index in [1.54, 1.807) is 0 Å². The van der Waals surface area contributed by atoms with Crippen molar-refractivity contribution in [2.45, 2.75) is 10.8 Å². The van der Waals surface area contributed by atoms with Gasteiger partial charge in [-0.05, 0) is 115 Å². The zero-order valence-corrected chi connectivity index (χ0v) is 41.8. The summed E-state index contributed by atoms with van der Waals surface area (Å²) >= 11 is 0. The summed E-state index contributed by atoms with van der Waals surface area (Å²) in [5.74, 6) is 0. The number of rotatable bonds is 9. The summed E-state index contributed by atoms with van der Waals surface area (Å²) in [7, 11) is 0. The molecular weight excluding hydrogens is 917 g/mol. The summed E-state index contributed by atoms with van der Waals surface area (Å²) in [4.78, 5) is 2.57. The van der Waals surface area contributed by atoms with E-state index in [0.717, 1.165) is 33.9 Å². The first-order valence-corrected chi connectivity index (χ1v) is 26.4. The highest BCUT2D eigenvalue weighted by molar-refractivity contribution is 6.09. The second kappa shape index (κ2) is 17.4. The van der Waals surface area contributed by atoms with Crippen LogP contribution in [0.25, 0.3) is 60.9 Å². The lowest BCUT2D eigenvalue weighted by atomic mass is 9.67. The van der Waals surface area contributed by atoms with Crippen LogP contribution in [0.2, 0.25) is 0 Å². The Morgan fingerprint density at radius 3 is 1.12 bits per heavy atom. The highest BCUT2D eigenvalue weighted by atomic mass is 15.1. The van der Waals surface area contributed by atoms with Gasteiger partial charge in [0, 0.05) is 33.3 Å². The molecule has 1 aromatic heterocycles. The fourth-order valence-corrected chi connectivity index (χ4v) is 13.6. The first-order chi connectivity index (χ1) is 37.7. The molecule has 2 nitrogen and oxygen atoms in total. The minimum atomic E-state index is -0.567. The summed E-state index contributed by atoms with van der Waals surface area (Å²) in [5, 5.41) is 2.51. The van der Waals surface area contributed by atoms with Crippen LogP contribution >= 0.6 is 0 Å². The van der Waals surface area contributed by atoms with Gasteiger partial charge in [0.05, 0.1) is 33.2 Å². The van der Waals surface area contributed by atoms with Gasteiger partial charge in [-0.15, -0.1) is 0 Å². The Hall–Kier alpha value is -9.76. The molecule has 13 aromatic rings. The van der Waals surface area contributed by atoms with Crippen LogP contribution < -0.4 is 4.90 Å². The average molecular weight is 967 g/mol. The van der Waals surface area contributed by atoms with Crippen LogP contribution in [0.3, 0.4) is 0 Å². The van der Waals surface area contributed by atoms with Crippen molar-refractivity contribution in [3.05, 3.63) is 348 Å². The van der Waals surface area contributed by atoms with Crippen molar-refractivity contribution in [3.63, 3.8) is 0 Å². The predicted molar refractivity (Wildman–Crippen MR) is 316 cm³/mol. The molecule has 15 rings (SSSR count). The molecular formula is C74H50N2. The molecule has 0 N–H and O–H groups in total. The van der Waals surface area contributed by atoms with Gasteiger partial charge in [-0.3, -0.25) is 0 Å². The number of fused-ring (bicyclic) bond motifs is 9. The normalized spacial score (nSPS) is 13.5. The molecule has 2 aliphatic carbocycles. The van der Waals surface area contributed by atoms with Gasteiger partial charge < -0.3 is 9.47 Å². The third-order valence-corrected chi connectivity index (χ3v) is 16.5. The first kappa shape index (κ1) is 43.8. The number of benzene rings is 12. The van der Waals surface area contributed by atoms with E-state index in [-0.39, 0.29) is 0 Å². The molecule has 0 saturated heterocycles. The van der Waals surface area contributed by atoms with E-state index < -0.39 is 10.8 Å².